The van der Waals surface area contributed by atoms with E-state index in [1.54, 1.807) is 22.3 Å². The number of hydrogen-bond acceptors (Lipinski definition) is 4. The highest BCUT2D eigenvalue weighted by Crippen LogP contribution is 2.33. The molecule has 1 aromatic carbocycles. The molecule has 1 aliphatic rings. The molecule has 2 heterocycles. The van der Waals surface area contributed by atoms with E-state index in [0.29, 0.717) is 18.7 Å². The zero-order valence-electron chi connectivity index (χ0n) is 13.5. The lowest BCUT2D eigenvalue weighted by Crippen LogP contribution is -2.51. The van der Waals surface area contributed by atoms with Gasteiger partial charge in [0.25, 0.3) is 5.91 Å². The zero-order valence-corrected chi connectivity index (χ0v) is 14.3. The Kier molecular flexibility index (Phi) is 5.15. The average molecular weight is 344 g/mol. The number of benzene rings is 1. The molecule has 1 aromatic heterocycles. The van der Waals surface area contributed by atoms with E-state index in [9.17, 15) is 9.59 Å². The van der Waals surface area contributed by atoms with Gasteiger partial charge < -0.3 is 15.0 Å². The van der Waals surface area contributed by atoms with Crippen molar-refractivity contribution in [1.29, 1.82) is 0 Å². The van der Waals surface area contributed by atoms with Crippen LogP contribution in [0.15, 0.2) is 41.1 Å². The van der Waals surface area contributed by atoms with E-state index in [1.165, 1.54) is 0 Å². The third-order valence-corrected chi connectivity index (χ3v) is 4.58. The number of ether oxygens (including phenoxy) is 1. The van der Waals surface area contributed by atoms with Crippen molar-refractivity contribution in [1.82, 2.24) is 5.32 Å². The standard InChI is InChI=1S/C18H20N2O3S/c1-2-8-19-18(22)16-11-20(14-5-3-4-6-15(14)23-16)17(21)10-13-7-9-24-12-13/h3-7,9,12,16H,2,8,10-11H2,1H3,(H,19,22). The van der Waals surface area contributed by atoms with Gasteiger partial charge in [-0.2, -0.15) is 11.3 Å². The highest BCUT2D eigenvalue weighted by molar-refractivity contribution is 7.08. The second kappa shape index (κ2) is 7.49. The molecule has 5 nitrogen and oxygen atoms in total. The first-order valence-corrected chi connectivity index (χ1v) is 8.98. The summed E-state index contributed by atoms with van der Waals surface area (Å²) >= 11 is 1.57. The SMILES string of the molecule is CCCNC(=O)C1CN(C(=O)Cc2ccsc2)c2ccccc2O1. The first kappa shape index (κ1) is 16.5. The Labute approximate surface area is 145 Å². The molecule has 0 spiro atoms. The number of amides is 2. The zero-order chi connectivity index (χ0) is 16.9. The second-order valence-corrected chi connectivity index (χ2v) is 6.46. The molecule has 1 unspecified atom stereocenters. The Morgan fingerprint density at radius 2 is 2.17 bits per heavy atom. The van der Waals surface area contributed by atoms with Crippen LogP contribution in [0.5, 0.6) is 5.75 Å². The number of nitrogens with one attached hydrogen (secondary N) is 1. The predicted octanol–water partition coefficient (Wildman–Crippen LogP) is 2.61. The van der Waals surface area contributed by atoms with Gasteiger partial charge in [-0.05, 0) is 40.9 Å². The third-order valence-electron chi connectivity index (χ3n) is 3.85. The van der Waals surface area contributed by atoms with Crippen molar-refractivity contribution in [3.63, 3.8) is 0 Å². The Balaban J connectivity index is 1.81. The van der Waals surface area contributed by atoms with Gasteiger partial charge in [-0.25, -0.2) is 0 Å². The molecule has 0 saturated carbocycles. The maximum atomic E-state index is 12.8. The van der Waals surface area contributed by atoms with E-state index in [-0.39, 0.29) is 18.4 Å². The third kappa shape index (κ3) is 3.59. The lowest BCUT2D eigenvalue weighted by molar-refractivity contribution is -0.128. The van der Waals surface area contributed by atoms with Crippen LogP contribution in [0.1, 0.15) is 18.9 Å². The van der Waals surface area contributed by atoms with E-state index >= 15 is 0 Å². The molecule has 6 heteroatoms. The van der Waals surface area contributed by atoms with E-state index in [0.717, 1.165) is 17.7 Å². The van der Waals surface area contributed by atoms with Crippen LogP contribution in [0.2, 0.25) is 0 Å². The fourth-order valence-electron chi connectivity index (χ4n) is 2.63. The van der Waals surface area contributed by atoms with Gasteiger partial charge in [0.15, 0.2) is 6.10 Å². The number of fused-ring (bicyclic) bond motifs is 1. The monoisotopic (exact) mass is 344 g/mol. The maximum Gasteiger partial charge on any atom is 0.262 e. The summed E-state index contributed by atoms with van der Waals surface area (Å²) in [5.41, 5.74) is 1.71. The van der Waals surface area contributed by atoms with Crippen LogP contribution in [-0.2, 0) is 16.0 Å². The van der Waals surface area contributed by atoms with Gasteiger partial charge >= 0.3 is 0 Å². The minimum absolute atomic E-state index is 0.0301. The summed E-state index contributed by atoms with van der Waals surface area (Å²) in [5.74, 6) is 0.358. The van der Waals surface area contributed by atoms with E-state index in [2.05, 4.69) is 5.32 Å². The van der Waals surface area contributed by atoms with Crippen molar-refractivity contribution in [2.75, 3.05) is 18.0 Å². The number of hydrogen-bond donors (Lipinski definition) is 1. The molecule has 0 radical (unpaired) electrons. The summed E-state index contributed by atoms with van der Waals surface area (Å²) in [6.07, 6.45) is 0.495. The summed E-state index contributed by atoms with van der Waals surface area (Å²) in [4.78, 5) is 26.7. The summed E-state index contributed by atoms with van der Waals surface area (Å²) in [6, 6.07) is 9.29. The van der Waals surface area contributed by atoms with E-state index in [4.69, 9.17) is 4.74 Å². The van der Waals surface area contributed by atoms with Crippen LogP contribution in [-0.4, -0.2) is 31.0 Å². The largest absolute Gasteiger partial charge is 0.477 e. The van der Waals surface area contributed by atoms with Gasteiger partial charge in [-0.1, -0.05) is 19.1 Å². The molecule has 24 heavy (non-hydrogen) atoms. The minimum atomic E-state index is -0.683. The van der Waals surface area contributed by atoms with Crippen molar-refractivity contribution in [3.8, 4) is 5.75 Å². The van der Waals surface area contributed by atoms with E-state index in [1.807, 2.05) is 41.9 Å². The van der Waals surface area contributed by atoms with Crippen LogP contribution in [0.3, 0.4) is 0 Å². The summed E-state index contributed by atoms with van der Waals surface area (Å²) < 4.78 is 5.80. The quantitative estimate of drug-likeness (QED) is 0.907. The number of nitrogens with zero attached hydrogens (tertiary/aromatic N) is 1. The van der Waals surface area contributed by atoms with Crippen LogP contribution in [0.4, 0.5) is 5.69 Å². The molecular weight excluding hydrogens is 324 g/mol. The first-order valence-electron chi connectivity index (χ1n) is 8.04. The molecule has 1 atom stereocenters. The summed E-state index contributed by atoms with van der Waals surface area (Å²) in [7, 11) is 0. The smallest absolute Gasteiger partial charge is 0.262 e. The minimum Gasteiger partial charge on any atom is -0.477 e. The normalized spacial score (nSPS) is 16.2. The maximum absolute atomic E-state index is 12.8. The van der Waals surface area contributed by atoms with Crippen LogP contribution < -0.4 is 15.0 Å². The van der Waals surface area contributed by atoms with Crippen LogP contribution in [0.25, 0.3) is 0 Å². The predicted molar refractivity (Wildman–Crippen MR) is 94.5 cm³/mol. The Hall–Kier alpha value is -2.34. The summed E-state index contributed by atoms with van der Waals surface area (Å²) in [5, 5.41) is 6.76. The Bertz CT molecular complexity index is 715. The molecule has 1 N–H and O–H groups in total. The van der Waals surface area contributed by atoms with Gasteiger partial charge in [-0.15, -0.1) is 0 Å². The Morgan fingerprint density at radius 3 is 2.92 bits per heavy atom. The van der Waals surface area contributed by atoms with E-state index < -0.39 is 6.10 Å². The molecule has 0 aliphatic carbocycles. The number of anilines is 1. The molecule has 3 rings (SSSR count). The van der Waals surface area contributed by atoms with Gasteiger partial charge in [0.1, 0.15) is 5.75 Å². The summed E-state index contributed by atoms with van der Waals surface area (Å²) in [6.45, 7) is 2.83. The van der Waals surface area contributed by atoms with Crippen molar-refractivity contribution in [2.24, 2.45) is 0 Å². The van der Waals surface area contributed by atoms with Gasteiger partial charge in [0, 0.05) is 6.54 Å². The topological polar surface area (TPSA) is 58.6 Å². The average Bonchev–Trinajstić information content (AvgIpc) is 3.11. The fourth-order valence-corrected chi connectivity index (χ4v) is 3.30. The van der Waals surface area contributed by atoms with Crippen LogP contribution >= 0.6 is 11.3 Å². The number of carbonyl (C=O) groups is 2. The highest BCUT2D eigenvalue weighted by atomic mass is 32.1. The first-order chi connectivity index (χ1) is 11.7. The van der Waals surface area contributed by atoms with Crippen LogP contribution in [0, 0.1) is 0 Å². The molecular formula is C18H20N2O3S. The number of para-hydroxylation sites is 2. The molecule has 0 fully saturated rings. The molecule has 1 aliphatic heterocycles. The van der Waals surface area contributed by atoms with Crippen molar-refractivity contribution in [3.05, 3.63) is 46.7 Å². The molecule has 0 saturated heterocycles. The molecule has 0 bridgehead atoms. The van der Waals surface area contributed by atoms with Gasteiger partial charge in [0.2, 0.25) is 5.91 Å². The molecule has 2 amide bonds. The number of thiophene rings is 1. The lowest BCUT2D eigenvalue weighted by Gasteiger charge is -2.34. The molecule has 2 aromatic rings. The van der Waals surface area contributed by atoms with Gasteiger partial charge in [0.05, 0.1) is 18.7 Å². The highest BCUT2D eigenvalue weighted by Gasteiger charge is 2.33. The number of carbonyl (C=O) groups excluding carboxylic acids is 2. The fraction of sp³-hybridized carbons (Fsp3) is 0.333. The van der Waals surface area contributed by atoms with Crippen molar-refractivity contribution in [2.45, 2.75) is 25.9 Å². The van der Waals surface area contributed by atoms with Crippen molar-refractivity contribution >= 4 is 28.8 Å². The second-order valence-electron chi connectivity index (χ2n) is 5.68. The molecule has 126 valence electrons. The number of rotatable bonds is 5. The Morgan fingerprint density at radius 1 is 1.33 bits per heavy atom. The van der Waals surface area contributed by atoms with Gasteiger partial charge in [-0.3, -0.25) is 9.59 Å². The van der Waals surface area contributed by atoms with Crippen molar-refractivity contribution < 1.29 is 14.3 Å². The lowest BCUT2D eigenvalue weighted by atomic mass is 10.1.